The standard InChI is InChI=1S/C10H8BrNO3/c1-5-3-6(11)4-7-8(5)15-9(12-7)10(13)14-2/h3-4H,1-2H3. The van der Waals surface area contributed by atoms with Gasteiger partial charge in [-0.05, 0) is 24.6 Å². The molecule has 0 aliphatic carbocycles. The smallest absolute Gasteiger partial charge is 0.394 e. The number of methoxy groups -OCH3 is 1. The third-order valence-corrected chi connectivity index (χ3v) is 2.46. The highest BCUT2D eigenvalue weighted by atomic mass is 79.9. The molecule has 15 heavy (non-hydrogen) atoms. The SMILES string of the molecule is COC(=O)c1nc2cc(Br)cc(C)c2o1. The number of carbonyl (C=O) groups is 1. The van der Waals surface area contributed by atoms with Gasteiger partial charge in [0.05, 0.1) is 7.11 Å². The number of benzene rings is 1. The summed E-state index contributed by atoms with van der Waals surface area (Å²) >= 11 is 3.35. The van der Waals surface area contributed by atoms with Gasteiger partial charge in [-0.2, -0.15) is 0 Å². The van der Waals surface area contributed by atoms with Crippen LogP contribution in [0, 0.1) is 6.92 Å². The zero-order valence-corrected chi connectivity index (χ0v) is 9.79. The van der Waals surface area contributed by atoms with Crippen LogP contribution in [0.2, 0.25) is 0 Å². The topological polar surface area (TPSA) is 52.3 Å². The van der Waals surface area contributed by atoms with E-state index in [9.17, 15) is 4.79 Å². The number of ether oxygens (including phenoxy) is 1. The third-order valence-electron chi connectivity index (χ3n) is 2.00. The van der Waals surface area contributed by atoms with Gasteiger partial charge in [0, 0.05) is 4.47 Å². The third kappa shape index (κ3) is 1.74. The Morgan fingerprint density at radius 1 is 1.53 bits per heavy atom. The molecular formula is C10H8BrNO3. The lowest BCUT2D eigenvalue weighted by molar-refractivity contribution is 0.0558. The predicted molar refractivity (Wildman–Crippen MR) is 57.8 cm³/mol. The van der Waals surface area contributed by atoms with Crippen molar-refractivity contribution in [2.75, 3.05) is 7.11 Å². The summed E-state index contributed by atoms with van der Waals surface area (Å²) in [5.41, 5.74) is 2.17. The van der Waals surface area contributed by atoms with Gasteiger partial charge in [0.1, 0.15) is 5.52 Å². The van der Waals surface area contributed by atoms with Crippen LogP contribution in [0.15, 0.2) is 21.0 Å². The van der Waals surface area contributed by atoms with Gasteiger partial charge in [-0.3, -0.25) is 0 Å². The molecule has 0 unspecified atom stereocenters. The molecule has 0 spiro atoms. The van der Waals surface area contributed by atoms with Gasteiger partial charge in [0.15, 0.2) is 5.58 Å². The average molecular weight is 270 g/mol. The van der Waals surface area contributed by atoms with E-state index in [1.807, 2.05) is 13.0 Å². The molecule has 78 valence electrons. The number of aromatic nitrogens is 1. The van der Waals surface area contributed by atoms with Crippen molar-refractivity contribution in [1.82, 2.24) is 4.98 Å². The second-order valence-corrected chi connectivity index (χ2v) is 4.00. The summed E-state index contributed by atoms with van der Waals surface area (Å²) in [6, 6.07) is 3.69. The van der Waals surface area contributed by atoms with Crippen LogP contribution < -0.4 is 0 Å². The van der Waals surface area contributed by atoms with Gasteiger partial charge in [-0.1, -0.05) is 15.9 Å². The monoisotopic (exact) mass is 269 g/mol. The van der Waals surface area contributed by atoms with Crippen molar-refractivity contribution < 1.29 is 13.9 Å². The number of hydrogen-bond acceptors (Lipinski definition) is 4. The molecule has 4 nitrogen and oxygen atoms in total. The molecule has 0 saturated carbocycles. The number of halogens is 1. The quantitative estimate of drug-likeness (QED) is 0.747. The minimum Gasteiger partial charge on any atom is -0.462 e. The maximum atomic E-state index is 11.2. The molecule has 0 aliphatic rings. The zero-order valence-electron chi connectivity index (χ0n) is 8.20. The molecule has 0 amide bonds. The second-order valence-electron chi connectivity index (χ2n) is 3.08. The summed E-state index contributed by atoms with van der Waals surface area (Å²) in [4.78, 5) is 15.2. The van der Waals surface area contributed by atoms with Crippen molar-refractivity contribution in [2.24, 2.45) is 0 Å². The average Bonchev–Trinajstić information content (AvgIpc) is 2.60. The number of hydrogen-bond donors (Lipinski definition) is 0. The Hall–Kier alpha value is -1.36. The summed E-state index contributed by atoms with van der Waals surface area (Å²) in [5, 5.41) is 0. The van der Waals surface area contributed by atoms with E-state index >= 15 is 0 Å². The minimum absolute atomic E-state index is 0.0197. The second kappa shape index (κ2) is 3.66. The van der Waals surface area contributed by atoms with Crippen molar-refractivity contribution in [2.45, 2.75) is 6.92 Å². The van der Waals surface area contributed by atoms with Crippen LogP contribution in [0.4, 0.5) is 0 Å². The summed E-state index contributed by atoms with van der Waals surface area (Å²) < 4.78 is 10.7. The highest BCUT2D eigenvalue weighted by Crippen LogP contribution is 2.24. The van der Waals surface area contributed by atoms with Crippen molar-refractivity contribution in [1.29, 1.82) is 0 Å². The number of aryl methyl sites for hydroxylation is 1. The molecule has 1 heterocycles. The number of nitrogens with zero attached hydrogens (tertiary/aromatic N) is 1. The molecule has 0 aliphatic heterocycles. The number of esters is 1. The van der Waals surface area contributed by atoms with Crippen LogP contribution in [0.5, 0.6) is 0 Å². The van der Waals surface area contributed by atoms with Crippen molar-refractivity contribution in [3.8, 4) is 0 Å². The van der Waals surface area contributed by atoms with Gasteiger partial charge >= 0.3 is 11.9 Å². The van der Waals surface area contributed by atoms with E-state index in [0.29, 0.717) is 11.1 Å². The largest absolute Gasteiger partial charge is 0.462 e. The first kappa shape index (κ1) is 10.2. The van der Waals surface area contributed by atoms with Gasteiger partial charge < -0.3 is 9.15 Å². The highest BCUT2D eigenvalue weighted by molar-refractivity contribution is 9.10. The fraction of sp³-hybridized carbons (Fsp3) is 0.200. The number of rotatable bonds is 1. The van der Waals surface area contributed by atoms with Crippen molar-refractivity contribution in [3.05, 3.63) is 28.1 Å². The molecule has 0 atom stereocenters. The van der Waals surface area contributed by atoms with E-state index in [-0.39, 0.29) is 5.89 Å². The maximum absolute atomic E-state index is 11.2. The van der Waals surface area contributed by atoms with E-state index in [0.717, 1.165) is 10.0 Å². The lowest BCUT2D eigenvalue weighted by Crippen LogP contribution is -2.00. The molecule has 0 fully saturated rings. The number of fused-ring (bicyclic) bond motifs is 1. The number of carbonyl (C=O) groups excluding carboxylic acids is 1. The van der Waals surface area contributed by atoms with Crippen LogP contribution >= 0.6 is 15.9 Å². The Kier molecular flexibility index (Phi) is 2.48. The Balaban J connectivity index is 2.65. The van der Waals surface area contributed by atoms with E-state index in [2.05, 4.69) is 25.7 Å². The van der Waals surface area contributed by atoms with Crippen LogP contribution in [0.1, 0.15) is 16.2 Å². The van der Waals surface area contributed by atoms with Crippen LogP contribution in [0.25, 0.3) is 11.1 Å². The molecule has 0 saturated heterocycles. The van der Waals surface area contributed by atoms with E-state index < -0.39 is 5.97 Å². The summed E-state index contributed by atoms with van der Waals surface area (Å²) in [7, 11) is 1.29. The molecule has 5 heteroatoms. The molecule has 2 aromatic rings. The predicted octanol–water partition coefficient (Wildman–Crippen LogP) is 2.69. The Labute approximate surface area is 94.4 Å². The molecule has 0 bridgehead atoms. The first-order valence-corrected chi connectivity index (χ1v) is 5.06. The molecule has 1 aromatic heterocycles. The number of oxazole rings is 1. The Morgan fingerprint density at radius 3 is 2.93 bits per heavy atom. The van der Waals surface area contributed by atoms with Crippen LogP contribution in [-0.4, -0.2) is 18.1 Å². The van der Waals surface area contributed by atoms with Crippen LogP contribution in [-0.2, 0) is 4.74 Å². The minimum atomic E-state index is -0.568. The fourth-order valence-corrected chi connectivity index (χ4v) is 1.89. The van der Waals surface area contributed by atoms with E-state index in [1.165, 1.54) is 7.11 Å². The van der Waals surface area contributed by atoms with Gasteiger partial charge in [-0.15, -0.1) is 0 Å². The molecule has 2 rings (SSSR count). The molecule has 0 N–H and O–H groups in total. The Bertz CT molecular complexity index is 533. The summed E-state index contributed by atoms with van der Waals surface area (Å²) in [5.74, 6) is -0.588. The first-order chi connectivity index (χ1) is 7.11. The molecule has 0 radical (unpaired) electrons. The maximum Gasteiger partial charge on any atom is 0.394 e. The zero-order chi connectivity index (χ0) is 11.0. The summed E-state index contributed by atoms with van der Waals surface area (Å²) in [6.07, 6.45) is 0. The fourth-order valence-electron chi connectivity index (χ4n) is 1.33. The normalized spacial score (nSPS) is 10.6. The van der Waals surface area contributed by atoms with E-state index in [1.54, 1.807) is 6.07 Å². The molecule has 1 aromatic carbocycles. The first-order valence-electron chi connectivity index (χ1n) is 4.27. The van der Waals surface area contributed by atoms with Crippen molar-refractivity contribution in [3.63, 3.8) is 0 Å². The lowest BCUT2D eigenvalue weighted by Gasteiger charge is -1.93. The lowest BCUT2D eigenvalue weighted by atomic mass is 10.2. The Morgan fingerprint density at radius 2 is 2.27 bits per heavy atom. The van der Waals surface area contributed by atoms with E-state index in [4.69, 9.17) is 4.42 Å². The summed E-state index contributed by atoms with van der Waals surface area (Å²) in [6.45, 7) is 1.89. The van der Waals surface area contributed by atoms with Crippen molar-refractivity contribution >= 4 is 33.0 Å². The molecular weight excluding hydrogens is 262 g/mol. The van der Waals surface area contributed by atoms with Crippen LogP contribution in [0.3, 0.4) is 0 Å². The van der Waals surface area contributed by atoms with Gasteiger partial charge in [-0.25, -0.2) is 9.78 Å². The van der Waals surface area contributed by atoms with Gasteiger partial charge in [0.25, 0.3) is 0 Å². The van der Waals surface area contributed by atoms with Gasteiger partial charge in [0.2, 0.25) is 0 Å². The highest BCUT2D eigenvalue weighted by Gasteiger charge is 2.15.